The molecule has 4 heterocycles. The zero-order valence-corrected chi connectivity index (χ0v) is 12.9. The Balaban J connectivity index is 1.52. The Hall–Kier alpha value is -2.48. The molecular weight excluding hydrogens is 294 g/mol. The summed E-state index contributed by atoms with van der Waals surface area (Å²) in [6.45, 7) is 1.59. The molecule has 8 nitrogen and oxygen atoms in total. The molecule has 1 saturated heterocycles. The van der Waals surface area contributed by atoms with Crippen LogP contribution in [0.5, 0.6) is 0 Å². The summed E-state index contributed by atoms with van der Waals surface area (Å²) in [4.78, 5) is 8.62. The SMILES string of the molecule is Cn1ncc2c(NC[C@@H]3CCCO[C@H]3c3cn[nH]c3)ncnc21. The summed E-state index contributed by atoms with van der Waals surface area (Å²) >= 11 is 0. The van der Waals surface area contributed by atoms with E-state index in [1.165, 1.54) is 0 Å². The monoisotopic (exact) mass is 313 g/mol. The van der Waals surface area contributed by atoms with E-state index in [-0.39, 0.29) is 6.10 Å². The van der Waals surface area contributed by atoms with Crippen molar-refractivity contribution >= 4 is 16.9 Å². The van der Waals surface area contributed by atoms with Crippen molar-refractivity contribution in [2.75, 3.05) is 18.5 Å². The van der Waals surface area contributed by atoms with Gasteiger partial charge in [-0.3, -0.25) is 9.78 Å². The number of hydrogen-bond acceptors (Lipinski definition) is 6. The van der Waals surface area contributed by atoms with Crippen molar-refractivity contribution in [2.24, 2.45) is 13.0 Å². The largest absolute Gasteiger partial charge is 0.373 e. The fourth-order valence-corrected chi connectivity index (χ4v) is 3.17. The van der Waals surface area contributed by atoms with Crippen LogP contribution in [0.1, 0.15) is 24.5 Å². The van der Waals surface area contributed by atoms with Gasteiger partial charge < -0.3 is 10.1 Å². The number of ether oxygens (including phenoxy) is 1. The molecule has 0 unspecified atom stereocenters. The Labute approximate surface area is 133 Å². The molecule has 3 aromatic heterocycles. The molecule has 120 valence electrons. The molecule has 0 amide bonds. The summed E-state index contributed by atoms with van der Waals surface area (Å²) in [5, 5.41) is 15.5. The molecule has 2 atom stereocenters. The first kappa shape index (κ1) is 14.1. The highest BCUT2D eigenvalue weighted by atomic mass is 16.5. The van der Waals surface area contributed by atoms with Gasteiger partial charge in [-0.2, -0.15) is 10.2 Å². The molecule has 8 heteroatoms. The molecule has 0 aliphatic carbocycles. The lowest BCUT2D eigenvalue weighted by Crippen LogP contribution is -2.28. The second-order valence-electron chi connectivity index (χ2n) is 5.83. The van der Waals surface area contributed by atoms with Crippen LogP contribution in [0, 0.1) is 5.92 Å². The van der Waals surface area contributed by atoms with Crippen molar-refractivity contribution in [2.45, 2.75) is 18.9 Å². The van der Waals surface area contributed by atoms with E-state index in [2.05, 4.69) is 30.6 Å². The maximum atomic E-state index is 5.97. The van der Waals surface area contributed by atoms with Crippen molar-refractivity contribution in [3.8, 4) is 0 Å². The first-order valence-corrected chi connectivity index (χ1v) is 7.80. The number of nitrogens with one attached hydrogen (secondary N) is 2. The Bertz CT molecular complexity index is 782. The molecule has 1 fully saturated rings. The Kier molecular flexibility index (Phi) is 3.66. The highest BCUT2D eigenvalue weighted by Gasteiger charge is 2.28. The Morgan fingerprint density at radius 2 is 2.35 bits per heavy atom. The van der Waals surface area contributed by atoms with Gasteiger partial charge in [0.1, 0.15) is 12.1 Å². The average molecular weight is 313 g/mol. The molecule has 1 aliphatic heterocycles. The second kappa shape index (κ2) is 5.96. The fraction of sp³-hybridized carbons (Fsp3) is 0.467. The first-order chi connectivity index (χ1) is 11.3. The van der Waals surface area contributed by atoms with Gasteiger partial charge in [-0.15, -0.1) is 0 Å². The molecule has 0 aromatic carbocycles. The lowest BCUT2D eigenvalue weighted by atomic mass is 9.91. The number of rotatable bonds is 4. The van der Waals surface area contributed by atoms with E-state index in [9.17, 15) is 0 Å². The smallest absolute Gasteiger partial charge is 0.163 e. The lowest BCUT2D eigenvalue weighted by Gasteiger charge is -2.31. The number of fused-ring (bicyclic) bond motifs is 1. The topological polar surface area (TPSA) is 93.5 Å². The molecule has 3 aromatic rings. The van der Waals surface area contributed by atoms with Gasteiger partial charge >= 0.3 is 0 Å². The van der Waals surface area contributed by atoms with E-state index in [0.29, 0.717) is 5.92 Å². The zero-order valence-electron chi connectivity index (χ0n) is 12.9. The van der Waals surface area contributed by atoms with Crippen LogP contribution in [0.4, 0.5) is 5.82 Å². The predicted molar refractivity (Wildman–Crippen MR) is 84.8 cm³/mol. The van der Waals surface area contributed by atoms with Crippen LogP contribution in [-0.4, -0.2) is 43.1 Å². The number of anilines is 1. The van der Waals surface area contributed by atoms with E-state index in [0.717, 1.165) is 48.4 Å². The highest BCUT2D eigenvalue weighted by molar-refractivity contribution is 5.85. The maximum absolute atomic E-state index is 5.97. The van der Waals surface area contributed by atoms with Crippen molar-refractivity contribution in [1.82, 2.24) is 29.9 Å². The third-order valence-corrected chi connectivity index (χ3v) is 4.35. The second-order valence-corrected chi connectivity index (χ2v) is 5.83. The number of hydrogen-bond donors (Lipinski definition) is 2. The fourth-order valence-electron chi connectivity index (χ4n) is 3.17. The number of aromatic nitrogens is 6. The number of aryl methyl sites for hydroxylation is 1. The highest BCUT2D eigenvalue weighted by Crippen LogP contribution is 2.33. The van der Waals surface area contributed by atoms with Gasteiger partial charge in [0.25, 0.3) is 0 Å². The summed E-state index contributed by atoms with van der Waals surface area (Å²) in [7, 11) is 1.88. The summed E-state index contributed by atoms with van der Waals surface area (Å²) in [6.07, 6.45) is 9.37. The van der Waals surface area contributed by atoms with E-state index < -0.39 is 0 Å². The molecular formula is C15H19N7O. The minimum atomic E-state index is 0.0706. The van der Waals surface area contributed by atoms with Crippen molar-refractivity contribution in [1.29, 1.82) is 0 Å². The molecule has 23 heavy (non-hydrogen) atoms. The van der Waals surface area contributed by atoms with Gasteiger partial charge in [0.2, 0.25) is 0 Å². The normalized spacial score (nSPS) is 21.6. The van der Waals surface area contributed by atoms with Gasteiger partial charge in [0.15, 0.2) is 5.65 Å². The third kappa shape index (κ3) is 2.65. The summed E-state index contributed by atoms with van der Waals surface area (Å²) in [5.41, 5.74) is 1.93. The van der Waals surface area contributed by atoms with Crippen LogP contribution in [-0.2, 0) is 11.8 Å². The first-order valence-electron chi connectivity index (χ1n) is 7.80. The maximum Gasteiger partial charge on any atom is 0.163 e. The van der Waals surface area contributed by atoms with Crippen LogP contribution in [0.25, 0.3) is 11.0 Å². The van der Waals surface area contributed by atoms with Crippen molar-refractivity contribution < 1.29 is 4.74 Å². The van der Waals surface area contributed by atoms with Crippen LogP contribution < -0.4 is 5.32 Å². The van der Waals surface area contributed by atoms with E-state index in [1.54, 1.807) is 17.2 Å². The zero-order chi connectivity index (χ0) is 15.6. The molecule has 1 aliphatic rings. The van der Waals surface area contributed by atoms with E-state index in [1.807, 2.05) is 19.4 Å². The van der Waals surface area contributed by atoms with Crippen molar-refractivity contribution in [3.05, 3.63) is 30.5 Å². The third-order valence-electron chi connectivity index (χ3n) is 4.35. The number of nitrogens with zero attached hydrogens (tertiary/aromatic N) is 5. The molecule has 0 bridgehead atoms. The predicted octanol–water partition coefficient (Wildman–Crippen LogP) is 1.67. The minimum Gasteiger partial charge on any atom is -0.373 e. The number of aromatic amines is 1. The molecule has 2 N–H and O–H groups in total. The molecule has 0 spiro atoms. The molecule has 0 radical (unpaired) electrons. The number of H-pyrrole nitrogens is 1. The van der Waals surface area contributed by atoms with Crippen LogP contribution in [0.15, 0.2) is 24.9 Å². The van der Waals surface area contributed by atoms with Gasteiger partial charge in [-0.1, -0.05) is 0 Å². The Morgan fingerprint density at radius 1 is 1.39 bits per heavy atom. The lowest BCUT2D eigenvalue weighted by molar-refractivity contribution is -0.0238. The summed E-state index contributed by atoms with van der Waals surface area (Å²) in [5.74, 6) is 1.20. The minimum absolute atomic E-state index is 0.0706. The van der Waals surface area contributed by atoms with Crippen LogP contribution in [0.2, 0.25) is 0 Å². The molecule has 4 rings (SSSR count). The van der Waals surface area contributed by atoms with Gasteiger partial charge in [-0.25, -0.2) is 9.97 Å². The van der Waals surface area contributed by atoms with Gasteiger partial charge in [0.05, 0.1) is 23.9 Å². The van der Waals surface area contributed by atoms with Crippen LogP contribution in [0.3, 0.4) is 0 Å². The quantitative estimate of drug-likeness (QED) is 0.761. The standard InChI is InChI=1S/C15H19N7O/c1-22-15-12(8-21-22)14(17-9-18-15)16-5-10-3-2-4-23-13(10)11-6-19-20-7-11/h6-10,13H,2-5H2,1H3,(H,19,20)(H,16,17,18)/t10-,13+/m0/s1. The van der Waals surface area contributed by atoms with Gasteiger partial charge in [0, 0.05) is 37.9 Å². The Morgan fingerprint density at radius 3 is 3.22 bits per heavy atom. The van der Waals surface area contributed by atoms with Crippen molar-refractivity contribution in [3.63, 3.8) is 0 Å². The average Bonchev–Trinajstić information content (AvgIpc) is 3.24. The molecule has 0 saturated carbocycles. The van der Waals surface area contributed by atoms with E-state index >= 15 is 0 Å². The summed E-state index contributed by atoms with van der Waals surface area (Å²) in [6, 6.07) is 0. The van der Waals surface area contributed by atoms with E-state index in [4.69, 9.17) is 4.74 Å². The van der Waals surface area contributed by atoms with Gasteiger partial charge in [-0.05, 0) is 12.8 Å². The summed E-state index contributed by atoms with van der Waals surface area (Å²) < 4.78 is 7.72. The van der Waals surface area contributed by atoms with Crippen LogP contribution >= 0.6 is 0 Å².